The molecule has 0 spiro atoms. The molecule has 3 heterocycles. The van der Waals surface area contributed by atoms with Crippen LogP contribution in [0.1, 0.15) is 11.1 Å². The molecule has 0 amide bonds. The van der Waals surface area contributed by atoms with Crippen molar-refractivity contribution >= 4 is 17.4 Å². The Kier molecular flexibility index (Phi) is 4.61. The largest absolute Gasteiger partial charge is 0.455 e. The molecule has 1 aromatic carbocycles. The summed E-state index contributed by atoms with van der Waals surface area (Å²) in [7, 11) is 2.16. The summed E-state index contributed by atoms with van der Waals surface area (Å²) in [6, 6.07) is 11.7. The molecular formula is C19H21ClN4O. The Morgan fingerprint density at radius 2 is 1.84 bits per heavy atom. The standard InChI is InChI=1S/C19H21ClN4O/c1-22-7-9-23(10-8-22)24-13-15-12-21-19(20)11-17(15)18(14-24)25-16-5-3-2-4-6-16/h2-6,11-12,14H,7-10,13H2,1H3. The van der Waals surface area contributed by atoms with E-state index in [1.165, 1.54) is 0 Å². The van der Waals surface area contributed by atoms with Gasteiger partial charge in [-0.15, -0.1) is 0 Å². The molecule has 130 valence electrons. The van der Waals surface area contributed by atoms with Crippen LogP contribution in [-0.2, 0) is 6.54 Å². The molecule has 0 N–H and O–H groups in total. The van der Waals surface area contributed by atoms with Gasteiger partial charge in [0.1, 0.15) is 10.9 Å². The van der Waals surface area contributed by atoms with Gasteiger partial charge in [0.15, 0.2) is 5.76 Å². The van der Waals surface area contributed by atoms with Crippen LogP contribution in [0.25, 0.3) is 5.76 Å². The number of pyridine rings is 1. The van der Waals surface area contributed by atoms with Gasteiger partial charge >= 0.3 is 0 Å². The monoisotopic (exact) mass is 356 g/mol. The Balaban J connectivity index is 1.65. The lowest BCUT2D eigenvalue weighted by molar-refractivity contribution is -0.0235. The van der Waals surface area contributed by atoms with Crippen LogP contribution in [0.4, 0.5) is 0 Å². The number of hydrogen-bond donors (Lipinski definition) is 0. The molecule has 4 rings (SSSR count). The van der Waals surface area contributed by atoms with Crippen molar-refractivity contribution < 1.29 is 4.74 Å². The number of benzene rings is 1. The molecule has 2 aromatic rings. The number of hydrazine groups is 1. The molecule has 1 fully saturated rings. The predicted octanol–water partition coefficient (Wildman–Crippen LogP) is 3.09. The Labute approximate surface area is 153 Å². The molecule has 1 saturated heterocycles. The van der Waals surface area contributed by atoms with Crippen LogP contribution in [0.5, 0.6) is 5.75 Å². The third-order valence-electron chi connectivity index (χ3n) is 4.63. The molecular weight excluding hydrogens is 336 g/mol. The first kappa shape index (κ1) is 16.4. The second kappa shape index (κ2) is 7.04. The quantitative estimate of drug-likeness (QED) is 0.789. The molecule has 0 aliphatic carbocycles. The van der Waals surface area contributed by atoms with Crippen LogP contribution in [0, 0.1) is 0 Å². The van der Waals surface area contributed by atoms with E-state index in [9.17, 15) is 0 Å². The van der Waals surface area contributed by atoms with Gasteiger partial charge in [0.2, 0.25) is 0 Å². The van der Waals surface area contributed by atoms with Crippen molar-refractivity contribution in [3.8, 4) is 5.75 Å². The summed E-state index contributed by atoms with van der Waals surface area (Å²) in [5.41, 5.74) is 2.13. The van der Waals surface area contributed by atoms with Crippen LogP contribution in [0.15, 0.2) is 48.8 Å². The van der Waals surface area contributed by atoms with E-state index in [0.29, 0.717) is 5.15 Å². The van der Waals surface area contributed by atoms with E-state index in [-0.39, 0.29) is 0 Å². The summed E-state index contributed by atoms with van der Waals surface area (Å²) in [4.78, 5) is 6.60. The maximum Gasteiger partial charge on any atom is 0.152 e. The van der Waals surface area contributed by atoms with Gasteiger partial charge in [-0.25, -0.2) is 9.99 Å². The minimum atomic E-state index is 0.481. The van der Waals surface area contributed by atoms with E-state index >= 15 is 0 Å². The molecule has 6 heteroatoms. The van der Waals surface area contributed by atoms with E-state index in [0.717, 1.165) is 55.4 Å². The highest BCUT2D eigenvalue weighted by Crippen LogP contribution is 2.31. The minimum Gasteiger partial charge on any atom is -0.455 e. The average molecular weight is 357 g/mol. The normalized spacial score (nSPS) is 18.6. The van der Waals surface area contributed by atoms with Crippen molar-refractivity contribution in [1.82, 2.24) is 19.9 Å². The van der Waals surface area contributed by atoms with E-state index in [1.807, 2.05) is 42.6 Å². The van der Waals surface area contributed by atoms with Gasteiger partial charge < -0.3 is 14.6 Å². The number of ether oxygens (including phenoxy) is 1. The van der Waals surface area contributed by atoms with Crippen LogP contribution < -0.4 is 4.74 Å². The fraction of sp³-hybridized carbons (Fsp3) is 0.316. The number of para-hydroxylation sites is 1. The van der Waals surface area contributed by atoms with Crippen LogP contribution in [-0.4, -0.2) is 53.1 Å². The SMILES string of the molecule is CN1CCN(N2C=C(Oc3ccccc3)c3cc(Cl)ncc3C2)CC1. The lowest BCUT2D eigenvalue weighted by Gasteiger charge is -2.41. The third-order valence-corrected chi connectivity index (χ3v) is 4.84. The number of piperazine rings is 1. The van der Waals surface area contributed by atoms with Gasteiger partial charge in [-0.2, -0.15) is 0 Å². The molecule has 0 radical (unpaired) electrons. The summed E-state index contributed by atoms with van der Waals surface area (Å²) >= 11 is 6.12. The number of fused-ring (bicyclic) bond motifs is 1. The molecule has 0 saturated carbocycles. The first-order chi connectivity index (χ1) is 12.2. The van der Waals surface area contributed by atoms with Crippen LogP contribution in [0.2, 0.25) is 5.15 Å². The molecule has 5 nitrogen and oxygen atoms in total. The number of likely N-dealkylation sites (N-methyl/N-ethyl adjacent to an activating group) is 1. The smallest absolute Gasteiger partial charge is 0.152 e. The fourth-order valence-corrected chi connectivity index (χ4v) is 3.33. The highest BCUT2D eigenvalue weighted by Gasteiger charge is 2.25. The van der Waals surface area contributed by atoms with Gasteiger partial charge in [0.05, 0.1) is 12.7 Å². The number of halogens is 1. The van der Waals surface area contributed by atoms with Gasteiger partial charge in [-0.1, -0.05) is 29.8 Å². The summed E-state index contributed by atoms with van der Waals surface area (Å²) in [6.45, 7) is 4.91. The topological polar surface area (TPSA) is 31.8 Å². The van der Waals surface area contributed by atoms with Crippen molar-refractivity contribution in [1.29, 1.82) is 0 Å². The maximum absolute atomic E-state index is 6.17. The summed E-state index contributed by atoms with van der Waals surface area (Å²) < 4.78 is 6.17. The van der Waals surface area contributed by atoms with Crippen molar-refractivity contribution in [2.24, 2.45) is 0 Å². The number of aromatic nitrogens is 1. The first-order valence-corrected chi connectivity index (χ1v) is 8.86. The Hall–Kier alpha value is -2.08. The Morgan fingerprint density at radius 1 is 1.08 bits per heavy atom. The molecule has 1 aromatic heterocycles. The number of nitrogens with zero attached hydrogens (tertiary/aromatic N) is 4. The molecule has 0 bridgehead atoms. The number of hydrogen-bond acceptors (Lipinski definition) is 5. The predicted molar refractivity (Wildman–Crippen MR) is 98.9 cm³/mol. The van der Waals surface area contributed by atoms with Crippen molar-refractivity contribution in [2.75, 3.05) is 33.2 Å². The van der Waals surface area contributed by atoms with Crippen molar-refractivity contribution in [3.05, 3.63) is 65.1 Å². The van der Waals surface area contributed by atoms with E-state index < -0.39 is 0 Å². The lowest BCUT2D eigenvalue weighted by Crippen LogP contribution is -2.51. The summed E-state index contributed by atoms with van der Waals surface area (Å²) in [6.07, 6.45) is 3.93. The van der Waals surface area contributed by atoms with Crippen LogP contribution in [0.3, 0.4) is 0 Å². The van der Waals surface area contributed by atoms with Crippen molar-refractivity contribution in [2.45, 2.75) is 6.54 Å². The van der Waals surface area contributed by atoms with Gasteiger partial charge in [0.25, 0.3) is 0 Å². The minimum absolute atomic E-state index is 0.481. The zero-order valence-electron chi connectivity index (χ0n) is 14.2. The summed E-state index contributed by atoms with van der Waals surface area (Å²) in [5.74, 6) is 1.61. The third kappa shape index (κ3) is 3.63. The first-order valence-electron chi connectivity index (χ1n) is 8.48. The second-order valence-electron chi connectivity index (χ2n) is 6.43. The molecule has 2 aliphatic rings. The van der Waals surface area contributed by atoms with Gasteiger partial charge in [-0.3, -0.25) is 0 Å². The van der Waals surface area contributed by atoms with E-state index in [1.54, 1.807) is 0 Å². The molecule has 2 aliphatic heterocycles. The van der Waals surface area contributed by atoms with Crippen LogP contribution >= 0.6 is 11.6 Å². The van der Waals surface area contributed by atoms with E-state index in [4.69, 9.17) is 16.3 Å². The van der Waals surface area contributed by atoms with Gasteiger partial charge in [0, 0.05) is 43.5 Å². The zero-order chi connectivity index (χ0) is 17.2. The zero-order valence-corrected chi connectivity index (χ0v) is 15.0. The van der Waals surface area contributed by atoms with Gasteiger partial charge in [-0.05, 0) is 25.2 Å². The molecule has 25 heavy (non-hydrogen) atoms. The fourth-order valence-electron chi connectivity index (χ4n) is 3.17. The maximum atomic E-state index is 6.17. The number of rotatable bonds is 3. The Bertz CT molecular complexity index is 772. The van der Waals surface area contributed by atoms with E-state index in [2.05, 4.69) is 33.1 Å². The molecule has 0 atom stereocenters. The summed E-state index contributed by atoms with van der Waals surface area (Å²) in [5, 5.41) is 5.09. The highest BCUT2D eigenvalue weighted by molar-refractivity contribution is 6.29. The highest BCUT2D eigenvalue weighted by atomic mass is 35.5. The second-order valence-corrected chi connectivity index (χ2v) is 6.81. The average Bonchev–Trinajstić information content (AvgIpc) is 2.63. The molecule has 0 unspecified atom stereocenters. The van der Waals surface area contributed by atoms with Crippen molar-refractivity contribution in [3.63, 3.8) is 0 Å². The lowest BCUT2D eigenvalue weighted by atomic mass is 10.1. The Morgan fingerprint density at radius 3 is 2.60 bits per heavy atom.